The van der Waals surface area contributed by atoms with Crippen molar-refractivity contribution in [2.24, 2.45) is 0 Å². The van der Waals surface area contributed by atoms with Gasteiger partial charge in [0.1, 0.15) is 11.5 Å². The predicted octanol–water partition coefficient (Wildman–Crippen LogP) is 8.13. The quantitative estimate of drug-likeness (QED) is 0.138. The summed E-state index contributed by atoms with van der Waals surface area (Å²) in [5.41, 5.74) is 9.07. The molecule has 0 bridgehead atoms. The largest absolute Gasteiger partial charge is 0.673 e. The van der Waals surface area contributed by atoms with Gasteiger partial charge in [0, 0.05) is 5.56 Å². The van der Waals surface area contributed by atoms with E-state index in [4.69, 9.17) is 19.6 Å². The van der Waals surface area contributed by atoms with E-state index in [2.05, 4.69) is 13.8 Å². The third-order valence-electron chi connectivity index (χ3n) is 4.67. The number of ether oxygens (including phenoxy) is 2. The van der Waals surface area contributed by atoms with Gasteiger partial charge in [0.2, 0.25) is 0 Å². The van der Waals surface area contributed by atoms with E-state index in [1.807, 2.05) is 60.7 Å². The van der Waals surface area contributed by atoms with Gasteiger partial charge in [-0.1, -0.05) is 38.8 Å². The van der Waals surface area contributed by atoms with Gasteiger partial charge in [-0.05, 0) is 54.8 Å². The highest BCUT2D eigenvalue weighted by Crippen LogP contribution is 2.31. The molecule has 0 amide bonds. The van der Waals surface area contributed by atoms with Crippen molar-refractivity contribution in [2.75, 3.05) is 18.9 Å². The zero-order chi connectivity index (χ0) is 25.0. The maximum Gasteiger partial charge on any atom is 0.673 e. The minimum absolute atomic E-state index is 0.379. The summed E-state index contributed by atoms with van der Waals surface area (Å²) < 4.78 is 56.2. The Bertz CT molecular complexity index is 919. The number of nitrogen functional groups attached to an aromatic ring is 1. The molecule has 1 aromatic heterocycles. The Morgan fingerprint density at radius 1 is 0.706 bits per heavy atom. The molecule has 3 aromatic rings. The molecule has 184 valence electrons. The van der Waals surface area contributed by atoms with Crippen LogP contribution in [0.25, 0.3) is 22.5 Å². The Hall–Kier alpha value is -3.23. The summed E-state index contributed by atoms with van der Waals surface area (Å²) in [5, 5.41) is 0. The molecule has 0 aliphatic carbocycles. The van der Waals surface area contributed by atoms with Crippen LogP contribution in [-0.4, -0.2) is 20.5 Å². The van der Waals surface area contributed by atoms with E-state index in [1.54, 1.807) is 0 Å². The number of anilines is 1. The molecular weight excluding hydrogens is 449 g/mol. The first-order valence-electron chi connectivity index (χ1n) is 11.3. The molecule has 0 atom stereocenters. The highest BCUT2D eigenvalue weighted by atomic mass is 19.5. The third kappa shape index (κ3) is 10.1. The number of rotatable bonds is 10. The molecule has 0 saturated carbocycles. The molecule has 9 heteroatoms. The minimum atomic E-state index is -6.00. The average Bonchev–Trinajstić information content (AvgIpc) is 2.79. The van der Waals surface area contributed by atoms with E-state index in [0.717, 1.165) is 72.8 Å². The number of unbranched alkanes of at least 4 members (excludes halogenated alkanes) is 2. The minimum Gasteiger partial charge on any atom is -0.494 e. The maximum atomic E-state index is 9.75. The summed E-state index contributed by atoms with van der Waals surface area (Å²) in [6.07, 6.45) is 4.36. The van der Waals surface area contributed by atoms with Crippen LogP contribution in [0, 0.1) is 0 Å². The zero-order valence-electron chi connectivity index (χ0n) is 19.4. The number of nitrogens with two attached hydrogens (primary N) is 1. The molecule has 0 saturated heterocycles. The van der Waals surface area contributed by atoms with Crippen LogP contribution in [0.3, 0.4) is 0 Å². The summed E-state index contributed by atoms with van der Waals surface area (Å²) in [5.74, 6) is 2.85. The Morgan fingerprint density at radius 3 is 1.59 bits per heavy atom. The summed E-state index contributed by atoms with van der Waals surface area (Å²) in [7, 11) is -6.00. The van der Waals surface area contributed by atoms with Crippen molar-refractivity contribution < 1.29 is 31.2 Å². The van der Waals surface area contributed by atoms with E-state index in [-0.39, 0.29) is 0 Å². The normalized spacial score (nSPS) is 10.9. The van der Waals surface area contributed by atoms with Gasteiger partial charge in [-0.3, -0.25) is 0 Å². The molecule has 0 unspecified atom stereocenters. The van der Waals surface area contributed by atoms with E-state index < -0.39 is 7.25 Å². The summed E-state index contributed by atoms with van der Waals surface area (Å²) in [4.78, 5) is 0. The van der Waals surface area contributed by atoms with E-state index in [9.17, 15) is 17.3 Å². The number of halogens is 4. The number of hydrogen-bond donors (Lipinski definition) is 1. The maximum absolute atomic E-state index is 9.75. The third-order valence-corrected chi connectivity index (χ3v) is 4.67. The highest BCUT2D eigenvalue weighted by Gasteiger charge is 2.20. The summed E-state index contributed by atoms with van der Waals surface area (Å²) >= 11 is 0. The first-order valence-corrected chi connectivity index (χ1v) is 11.3. The van der Waals surface area contributed by atoms with Crippen molar-refractivity contribution in [1.29, 1.82) is 0 Å². The van der Waals surface area contributed by atoms with Gasteiger partial charge in [0.15, 0.2) is 0 Å². The van der Waals surface area contributed by atoms with Crippen LogP contribution in [0.2, 0.25) is 0 Å². The Morgan fingerprint density at radius 2 is 1.15 bits per heavy atom. The lowest BCUT2D eigenvalue weighted by Crippen LogP contribution is -2.02. The van der Waals surface area contributed by atoms with Crippen LogP contribution in [0.5, 0.6) is 11.5 Å². The van der Waals surface area contributed by atoms with Crippen LogP contribution in [0.15, 0.2) is 65.1 Å². The second-order valence-corrected chi connectivity index (χ2v) is 7.56. The Kier molecular flexibility index (Phi) is 10.7. The topological polar surface area (TPSA) is 55.8 Å². The molecule has 34 heavy (non-hydrogen) atoms. The van der Waals surface area contributed by atoms with E-state index in [1.165, 1.54) is 0 Å². The van der Waals surface area contributed by atoms with Crippen LogP contribution in [0.1, 0.15) is 39.5 Å². The molecule has 0 aliphatic heterocycles. The summed E-state index contributed by atoms with van der Waals surface area (Å²) in [6, 6.07) is 19.9. The van der Waals surface area contributed by atoms with Crippen molar-refractivity contribution in [2.45, 2.75) is 39.5 Å². The summed E-state index contributed by atoms with van der Waals surface area (Å²) in [6.45, 7) is 5.79. The molecule has 0 aliphatic rings. The molecule has 2 aromatic carbocycles. The second kappa shape index (κ2) is 13.5. The zero-order valence-corrected chi connectivity index (χ0v) is 19.4. The van der Waals surface area contributed by atoms with Crippen LogP contribution >= 0.6 is 0 Å². The average molecular weight is 479 g/mol. The Labute approximate surface area is 197 Å². The number of benzene rings is 2. The fourth-order valence-corrected chi connectivity index (χ4v) is 2.96. The molecular formula is C25H30BF4NO3. The molecule has 0 spiro atoms. The predicted molar refractivity (Wildman–Crippen MR) is 129 cm³/mol. The van der Waals surface area contributed by atoms with E-state index >= 15 is 0 Å². The van der Waals surface area contributed by atoms with Crippen molar-refractivity contribution in [1.82, 2.24) is 0 Å². The lowest BCUT2D eigenvalue weighted by molar-refractivity contribution is 0.309. The fourth-order valence-electron chi connectivity index (χ4n) is 2.96. The molecule has 3 rings (SSSR count). The van der Waals surface area contributed by atoms with Gasteiger partial charge in [-0.15, -0.1) is 0 Å². The molecule has 2 N–H and O–H groups in total. The molecule has 0 fully saturated rings. The van der Waals surface area contributed by atoms with Gasteiger partial charge < -0.3 is 32.5 Å². The van der Waals surface area contributed by atoms with Crippen molar-refractivity contribution in [3.05, 3.63) is 60.7 Å². The van der Waals surface area contributed by atoms with Crippen LogP contribution < -0.4 is 15.2 Å². The van der Waals surface area contributed by atoms with E-state index in [0.29, 0.717) is 5.88 Å². The highest BCUT2D eigenvalue weighted by molar-refractivity contribution is 6.50. The van der Waals surface area contributed by atoms with Crippen molar-refractivity contribution in [3.8, 4) is 33.9 Å². The van der Waals surface area contributed by atoms with Gasteiger partial charge in [0.05, 0.1) is 30.9 Å². The van der Waals surface area contributed by atoms with Gasteiger partial charge in [-0.2, -0.15) is 4.42 Å². The smallest absolute Gasteiger partial charge is 0.494 e. The second-order valence-electron chi connectivity index (χ2n) is 7.56. The van der Waals surface area contributed by atoms with Gasteiger partial charge in [-0.25, -0.2) is 0 Å². The van der Waals surface area contributed by atoms with Crippen LogP contribution in [-0.2, 0) is 0 Å². The molecule has 0 radical (unpaired) electrons. The monoisotopic (exact) mass is 479 g/mol. The standard InChI is InChI=1S/C25H30NO3.BF4/c1-3-5-15-27-22-11-7-19(8-12-22)21-17-24(29-25(26)18-21)20-9-13-23(14-10-20)28-16-6-4-2;2-1(3,4)5/h7-14,17-18H,3-6,15-16,26H2,1-2H3;/q+1;-1. The molecule has 4 nitrogen and oxygen atoms in total. The van der Waals surface area contributed by atoms with Crippen molar-refractivity contribution >= 4 is 13.1 Å². The van der Waals surface area contributed by atoms with Gasteiger partial charge in [0.25, 0.3) is 0 Å². The lowest BCUT2D eigenvalue weighted by atomic mass is 10.0. The molecule has 1 heterocycles. The fraction of sp³-hybridized carbons (Fsp3) is 0.320. The Balaban J connectivity index is 0.000000739. The lowest BCUT2D eigenvalue weighted by Gasteiger charge is -2.07. The first-order chi connectivity index (χ1) is 16.2. The van der Waals surface area contributed by atoms with Crippen molar-refractivity contribution in [3.63, 3.8) is 0 Å². The van der Waals surface area contributed by atoms with Crippen LogP contribution in [0.4, 0.5) is 23.1 Å². The van der Waals surface area contributed by atoms with Gasteiger partial charge >= 0.3 is 18.9 Å². The SMILES string of the molecule is CCCCOc1ccc(-c2cc(N)[o+]c(-c3ccc(OCCCC)cc3)c2)cc1.F[B-](F)(F)F. The first kappa shape index (κ1) is 27.0. The number of hydrogen-bond acceptors (Lipinski definition) is 3.